The highest BCUT2D eigenvalue weighted by atomic mass is 16.7. The van der Waals surface area contributed by atoms with Gasteiger partial charge in [0.2, 0.25) is 5.91 Å². The van der Waals surface area contributed by atoms with E-state index >= 15 is 0 Å². The Morgan fingerprint density at radius 3 is 1.16 bits per heavy atom. The molecule has 534 valence electrons. The van der Waals surface area contributed by atoms with E-state index in [2.05, 4.69) is 67.8 Å². The van der Waals surface area contributed by atoms with E-state index in [9.17, 15) is 45.6 Å². The van der Waals surface area contributed by atoms with Crippen molar-refractivity contribution in [1.29, 1.82) is 0 Å². The van der Waals surface area contributed by atoms with E-state index in [-0.39, 0.29) is 12.5 Å². The first kappa shape index (κ1) is 85.0. The van der Waals surface area contributed by atoms with Crippen LogP contribution in [0.5, 0.6) is 0 Å². The second-order valence-corrected chi connectivity index (χ2v) is 27.1. The molecule has 2 saturated heterocycles. The van der Waals surface area contributed by atoms with Crippen molar-refractivity contribution in [2.75, 3.05) is 19.8 Å². The number of nitrogens with one attached hydrogen (secondary N) is 1. The quantitative estimate of drug-likeness (QED) is 0.0204. The van der Waals surface area contributed by atoms with Crippen LogP contribution in [0.1, 0.15) is 341 Å². The number of rotatable bonds is 64. The summed E-state index contributed by atoms with van der Waals surface area (Å²) in [6, 6.07) is -0.832. The lowest BCUT2D eigenvalue weighted by Crippen LogP contribution is -2.65. The Balaban J connectivity index is 1.63. The summed E-state index contributed by atoms with van der Waals surface area (Å²) in [6.45, 7) is 2.80. The Bertz CT molecular complexity index is 1710. The van der Waals surface area contributed by atoms with Crippen LogP contribution in [0.2, 0.25) is 0 Å². The summed E-state index contributed by atoms with van der Waals surface area (Å²) in [7, 11) is 0. The van der Waals surface area contributed by atoms with Crippen molar-refractivity contribution in [2.24, 2.45) is 0 Å². The van der Waals surface area contributed by atoms with Crippen LogP contribution in [0.25, 0.3) is 0 Å². The van der Waals surface area contributed by atoms with E-state index in [0.29, 0.717) is 12.8 Å². The monoisotopic (exact) mass is 1290 g/mol. The fourth-order valence-electron chi connectivity index (χ4n) is 12.8. The second kappa shape index (κ2) is 61.5. The smallest absolute Gasteiger partial charge is 0.220 e. The minimum absolute atomic E-state index is 0.203. The molecule has 2 rings (SSSR count). The molecule has 1 amide bonds. The first-order valence-electron chi connectivity index (χ1n) is 38.4. The van der Waals surface area contributed by atoms with Gasteiger partial charge in [0.15, 0.2) is 12.6 Å². The lowest BCUT2D eigenvalue weighted by Gasteiger charge is -2.46. The number of unbranched alkanes of at least 4 members (excludes halogenated alkanes) is 43. The number of amides is 1. The molecule has 2 aliphatic rings. The van der Waals surface area contributed by atoms with E-state index in [0.717, 1.165) is 77.0 Å². The molecule has 9 N–H and O–H groups in total. The molecule has 0 aliphatic carbocycles. The maximum atomic E-state index is 13.4. The van der Waals surface area contributed by atoms with Crippen LogP contribution in [-0.4, -0.2) is 140 Å². The van der Waals surface area contributed by atoms with E-state index in [1.165, 1.54) is 238 Å². The number of allylic oxidation sites excluding steroid dienone is 8. The van der Waals surface area contributed by atoms with Crippen molar-refractivity contribution in [3.05, 3.63) is 48.6 Å². The Hall–Kier alpha value is -2.05. The molecule has 2 fully saturated rings. The van der Waals surface area contributed by atoms with E-state index < -0.39 is 86.8 Å². The molecular weight excluding hydrogens is 1150 g/mol. The fourth-order valence-corrected chi connectivity index (χ4v) is 12.8. The highest BCUT2D eigenvalue weighted by Gasteiger charge is 2.51. The minimum atomic E-state index is -1.78. The van der Waals surface area contributed by atoms with Crippen LogP contribution in [0.15, 0.2) is 48.6 Å². The third-order valence-corrected chi connectivity index (χ3v) is 18.8. The van der Waals surface area contributed by atoms with Crippen molar-refractivity contribution in [3.63, 3.8) is 0 Å². The molecule has 2 heterocycles. The molecular formula is C77H143NO13. The SMILES string of the molecule is CC/C=C\C/C=C\C/C=C\C/C=C\CCCCCCCCCCCCCCCCC(=O)NC(COC1OC(CO)C(OC2OC(CO)C(O)C(O)C2O)C(O)C1O)C(O)CCCCCCCCCCCCCCCCCCCCCCCCCCCCCCCC. The van der Waals surface area contributed by atoms with E-state index in [1.807, 2.05) is 0 Å². The average molecular weight is 1290 g/mol. The molecule has 12 atom stereocenters. The standard InChI is InChI=1S/C77H143NO13/c1-3-5-7-9-11-13-15-17-19-21-23-25-27-29-31-32-33-35-36-38-40-42-44-46-48-50-52-54-56-58-60-66(81)65(64-88-76-74(87)72(85)75(68(63-80)90-76)91-77-73(86)71(84)70(83)67(62-79)89-77)78-69(82)61-59-57-55-53-51-49-47-45-43-41-39-37-34-30-28-26-24-22-20-18-16-14-12-10-8-6-4-2/h6,8,12,14,18,20,24,26,65-68,70-77,79-81,83-87H,3-5,7,9-11,13,15-17,19,21-23,25,27-64H2,1-2H3,(H,78,82)/b8-6-,14-12-,20-18-,26-24-. The Kier molecular flexibility index (Phi) is 57.5. The van der Waals surface area contributed by atoms with Gasteiger partial charge in [-0.25, -0.2) is 0 Å². The highest BCUT2D eigenvalue weighted by molar-refractivity contribution is 5.76. The summed E-state index contributed by atoms with van der Waals surface area (Å²) in [5.41, 5.74) is 0. The fraction of sp³-hybridized carbons (Fsp3) is 0.883. The topological polar surface area (TPSA) is 228 Å². The first-order valence-corrected chi connectivity index (χ1v) is 38.4. The van der Waals surface area contributed by atoms with Crippen LogP contribution in [0.4, 0.5) is 0 Å². The molecule has 12 unspecified atom stereocenters. The number of carbonyl (C=O) groups excluding carboxylic acids is 1. The van der Waals surface area contributed by atoms with Gasteiger partial charge in [-0.15, -0.1) is 0 Å². The lowest BCUT2D eigenvalue weighted by molar-refractivity contribution is -0.359. The Labute approximate surface area is 556 Å². The van der Waals surface area contributed by atoms with Gasteiger partial charge in [0.1, 0.15) is 48.8 Å². The number of aliphatic hydroxyl groups excluding tert-OH is 8. The first-order chi connectivity index (χ1) is 44.6. The van der Waals surface area contributed by atoms with Crippen LogP contribution in [0, 0.1) is 0 Å². The zero-order valence-electron chi connectivity index (χ0n) is 58.3. The van der Waals surface area contributed by atoms with Gasteiger partial charge in [0.25, 0.3) is 0 Å². The second-order valence-electron chi connectivity index (χ2n) is 27.1. The Morgan fingerprint density at radius 2 is 0.758 bits per heavy atom. The summed E-state index contributed by atoms with van der Waals surface area (Å²) < 4.78 is 23.0. The van der Waals surface area contributed by atoms with Gasteiger partial charge < -0.3 is 65.1 Å². The van der Waals surface area contributed by atoms with Crippen molar-refractivity contribution < 1.29 is 64.6 Å². The third-order valence-electron chi connectivity index (χ3n) is 18.8. The molecule has 0 bridgehead atoms. The van der Waals surface area contributed by atoms with Gasteiger partial charge in [-0.2, -0.15) is 0 Å². The minimum Gasteiger partial charge on any atom is -0.394 e. The largest absolute Gasteiger partial charge is 0.394 e. The number of carbonyl (C=O) groups is 1. The molecule has 0 radical (unpaired) electrons. The molecule has 0 aromatic carbocycles. The number of hydrogen-bond acceptors (Lipinski definition) is 13. The molecule has 14 nitrogen and oxygen atoms in total. The summed E-state index contributed by atoms with van der Waals surface area (Å²) in [4.78, 5) is 13.4. The van der Waals surface area contributed by atoms with E-state index in [1.54, 1.807) is 0 Å². The van der Waals surface area contributed by atoms with Crippen LogP contribution >= 0.6 is 0 Å². The van der Waals surface area contributed by atoms with Crippen LogP contribution < -0.4 is 5.32 Å². The van der Waals surface area contributed by atoms with Gasteiger partial charge in [-0.3, -0.25) is 4.79 Å². The molecule has 14 heteroatoms. The maximum absolute atomic E-state index is 13.4. The number of hydrogen-bond donors (Lipinski definition) is 9. The summed E-state index contributed by atoms with van der Waals surface area (Å²) in [5, 5.41) is 87.8. The normalized spacial score (nSPS) is 23.0. The van der Waals surface area contributed by atoms with Gasteiger partial charge >= 0.3 is 0 Å². The molecule has 0 spiro atoms. The highest BCUT2D eigenvalue weighted by Crippen LogP contribution is 2.30. The predicted molar refractivity (Wildman–Crippen MR) is 374 cm³/mol. The Morgan fingerprint density at radius 1 is 0.407 bits per heavy atom. The average Bonchev–Trinajstić information content (AvgIpc) is 1.07. The molecule has 91 heavy (non-hydrogen) atoms. The number of ether oxygens (including phenoxy) is 4. The van der Waals surface area contributed by atoms with Gasteiger partial charge in [0.05, 0.1) is 32.0 Å². The lowest BCUT2D eigenvalue weighted by atomic mass is 9.97. The third kappa shape index (κ3) is 45.2. The van der Waals surface area contributed by atoms with Crippen molar-refractivity contribution in [2.45, 2.75) is 415 Å². The summed E-state index contributed by atoms with van der Waals surface area (Å²) in [6.07, 6.45) is 64.2. The summed E-state index contributed by atoms with van der Waals surface area (Å²) >= 11 is 0. The maximum Gasteiger partial charge on any atom is 0.220 e. The van der Waals surface area contributed by atoms with E-state index in [4.69, 9.17) is 18.9 Å². The van der Waals surface area contributed by atoms with Crippen LogP contribution in [0.3, 0.4) is 0 Å². The molecule has 0 aromatic heterocycles. The van der Waals surface area contributed by atoms with Crippen molar-refractivity contribution >= 4 is 5.91 Å². The zero-order valence-corrected chi connectivity index (χ0v) is 58.3. The van der Waals surface area contributed by atoms with Crippen molar-refractivity contribution in [1.82, 2.24) is 5.32 Å². The molecule has 0 aromatic rings. The van der Waals surface area contributed by atoms with Gasteiger partial charge in [-0.1, -0.05) is 332 Å². The molecule has 0 saturated carbocycles. The van der Waals surface area contributed by atoms with Gasteiger partial charge in [-0.05, 0) is 51.4 Å². The van der Waals surface area contributed by atoms with Crippen molar-refractivity contribution in [3.8, 4) is 0 Å². The molecule has 2 aliphatic heterocycles. The zero-order chi connectivity index (χ0) is 65.9. The van der Waals surface area contributed by atoms with Gasteiger partial charge in [0, 0.05) is 6.42 Å². The number of aliphatic hydroxyl groups is 8. The summed E-state index contributed by atoms with van der Waals surface area (Å²) in [5.74, 6) is -0.203. The predicted octanol–water partition coefficient (Wildman–Crippen LogP) is 16.6. The van der Waals surface area contributed by atoms with Crippen LogP contribution in [-0.2, 0) is 23.7 Å².